The Balaban J connectivity index is 1.79. The molecule has 2 rings (SSSR count). The summed E-state index contributed by atoms with van der Waals surface area (Å²) in [5, 5.41) is 3.58. The second kappa shape index (κ2) is 5.25. The molecule has 15 heavy (non-hydrogen) atoms. The number of hydrogen-bond donors (Lipinski definition) is 1. The van der Waals surface area contributed by atoms with Gasteiger partial charge < -0.3 is 14.8 Å². The summed E-state index contributed by atoms with van der Waals surface area (Å²) in [7, 11) is 0. The van der Waals surface area contributed by atoms with Crippen molar-refractivity contribution in [3.05, 3.63) is 17.4 Å². The fraction of sp³-hybridized carbons (Fsp3) is 0.556. The monoisotopic (exact) mass is 229 g/mol. The Morgan fingerprint density at radius 2 is 2.20 bits per heavy atom. The van der Waals surface area contributed by atoms with Crippen LogP contribution < -0.4 is 5.32 Å². The first-order valence-electron chi connectivity index (χ1n) is 4.75. The summed E-state index contributed by atoms with van der Waals surface area (Å²) in [6.07, 6.45) is 3.17. The minimum absolute atomic E-state index is 0.0676. The molecule has 5 nitrogen and oxygen atoms in total. The number of ether oxygens (including phenoxy) is 2. The third kappa shape index (κ3) is 3.30. The largest absolute Gasteiger partial charge is 0.376 e. The third-order valence-corrected chi connectivity index (χ3v) is 2.19. The molecule has 0 spiro atoms. The number of rotatable bonds is 3. The van der Waals surface area contributed by atoms with E-state index in [0.717, 1.165) is 0 Å². The lowest BCUT2D eigenvalue weighted by atomic mass is 10.3. The maximum Gasteiger partial charge on any atom is 0.222 e. The highest BCUT2D eigenvalue weighted by Gasteiger charge is 2.13. The molecule has 0 bridgehead atoms. The van der Waals surface area contributed by atoms with Gasteiger partial charge in [-0.3, -0.25) is 0 Å². The molecule has 0 radical (unpaired) electrons. The number of hydrogen-bond acceptors (Lipinski definition) is 5. The molecule has 82 valence electrons. The molecule has 1 aromatic heterocycles. The molecule has 6 heteroatoms. The van der Waals surface area contributed by atoms with E-state index in [0.29, 0.717) is 37.3 Å². The minimum Gasteiger partial charge on any atom is -0.376 e. The highest BCUT2D eigenvalue weighted by molar-refractivity contribution is 6.30. The van der Waals surface area contributed by atoms with Crippen LogP contribution >= 0.6 is 11.6 Å². The lowest BCUT2D eigenvalue weighted by Gasteiger charge is -2.22. The molecule has 0 saturated carbocycles. The first-order valence-corrected chi connectivity index (χ1v) is 5.13. The van der Waals surface area contributed by atoms with E-state index < -0.39 is 0 Å². The predicted octanol–water partition coefficient (Wildman–Crippen LogP) is 0.957. The molecule has 0 aromatic carbocycles. The molecule has 1 saturated heterocycles. The summed E-state index contributed by atoms with van der Waals surface area (Å²) in [4.78, 5) is 8.02. The van der Waals surface area contributed by atoms with Gasteiger partial charge in [-0.1, -0.05) is 11.6 Å². The summed E-state index contributed by atoms with van der Waals surface area (Å²) in [6.45, 7) is 2.57. The summed E-state index contributed by atoms with van der Waals surface area (Å²) in [5.74, 6) is 0.550. The van der Waals surface area contributed by atoms with E-state index in [1.54, 1.807) is 12.4 Å². The molecule has 1 fully saturated rings. The summed E-state index contributed by atoms with van der Waals surface area (Å²) in [5.41, 5.74) is 0. The van der Waals surface area contributed by atoms with Crippen LogP contribution in [0.3, 0.4) is 0 Å². The van der Waals surface area contributed by atoms with Gasteiger partial charge in [0.15, 0.2) is 0 Å². The topological polar surface area (TPSA) is 56.3 Å². The molecule has 1 N–H and O–H groups in total. The van der Waals surface area contributed by atoms with E-state index in [9.17, 15) is 0 Å². The van der Waals surface area contributed by atoms with Gasteiger partial charge in [-0.25, -0.2) is 9.97 Å². The van der Waals surface area contributed by atoms with Crippen molar-refractivity contribution >= 4 is 17.5 Å². The van der Waals surface area contributed by atoms with E-state index in [1.165, 1.54) is 0 Å². The van der Waals surface area contributed by atoms with Crippen molar-refractivity contribution in [2.75, 3.05) is 31.7 Å². The number of nitrogens with one attached hydrogen (secondary N) is 1. The molecular weight excluding hydrogens is 218 g/mol. The summed E-state index contributed by atoms with van der Waals surface area (Å²) < 4.78 is 10.7. The van der Waals surface area contributed by atoms with E-state index in [2.05, 4.69) is 15.3 Å². The van der Waals surface area contributed by atoms with Crippen molar-refractivity contribution < 1.29 is 9.47 Å². The van der Waals surface area contributed by atoms with E-state index >= 15 is 0 Å². The highest BCUT2D eigenvalue weighted by atomic mass is 35.5. The Hall–Kier alpha value is -0.910. The van der Waals surface area contributed by atoms with Gasteiger partial charge in [-0.15, -0.1) is 0 Å². The number of aromatic nitrogens is 2. The van der Waals surface area contributed by atoms with Crippen LogP contribution in [-0.2, 0) is 9.47 Å². The SMILES string of the molecule is Clc1cnc(NCC2COCCO2)nc1. The average Bonchev–Trinajstić information content (AvgIpc) is 2.30. The van der Waals surface area contributed by atoms with Crippen LogP contribution in [0.4, 0.5) is 5.95 Å². The molecule has 1 unspecified atom stereocenters. The van der Waals surface area contributed by atoms with Crippen LogP contribution in [-0.4, -0.2) is 42.4 Å². The molecule has 1 atom stereocenters. The molecule has 1 aliphatic rings. The predicted molar refractivity (Wildman–Crippen MR) is 56.1 cm³/mol. The van der Waals surface area contributed by atoms with Gasteiger partial charge in [-0.05, 0) is 0 Å². The van der Waals surface area contributed by atoms with Gasteiger partial charge in [0.1, 0.15) is 0 Å². The van der Waals surface area contributed by atoms with Crippen LogP contribution in [0.15, 0.2) is 12.4 Å². The second-order valence-electron chi connectivity index (χ2n) is 3.17. The Morgan fingerprint density at radius 3 is 2.87 bits per heavy atom. The quantitative estimate of drug-likeness (QED) is 0.837. The minimum atomic E-state index is 0.0676. The zero-order chi connectivity index (χ0) is 10.5. The standard InChI is InChI=1S/C9H12ClN3O2/c10-7-3-11-9(12-4-7)13-5-8-6-14-1-2-15-8/h3-4,8H,1-2,5-6H2,(H,11,12,13). The normalized spacial score (nSPS) is 21.3. The van der Waals surface area contributed by atoms with Crippen molar-refractivity contribution in [3.63, 3.8) is 0 Å². The van der Waals surface area contributed by atoms with Crippen LogP contribution in [0.5, 0.6) is 0 Å². The van der Waals surface area contributed by atoms with Gasteiger partial charge in [-0.2, -0.15) is 0 Å². The Kier molecular flexibility index (Phi) is 3.71. The lowest BCUT2D eigenvalue weighted by molar-refractivity contribution is -0.0819. The number of halogens is 1. The van der Waals surface area contributed by atoms with Gasteiger partial charge in [0.2, 0.25) is 5.95 Å². The number of anilines is 1. The van der Waals surface area contributed by atoms with Crippen molar-refractivity contribution in [3.8, 4) is 0 Å². The fourth-order valence-electron chi connectivity index (χ4n) is 1.26. The van der Waals surface area contributed by atoms with Gasteiger partial charge >= 0.3 is 0 Å². The number of nitrogens with zero attached hydrogens (tertiary/aromatic N) is 2. The summed E-state index contributed by atoms with van der Waals surface area (Å²) >= 11 is 5.66. The van der Waals surface area contributed by atoms with Crippen LogP contribution in [0.1, 0.15) is 0 Å². The summed E-state index contributed by atoms with van der Waals surface area (Å²) in [6, 6.07) is 0. The zero-order valence-electron chi connectivity index (χ0n) is 8.15. The molecule has 1 aromatic rings. The average molecular weight is 230 g/mol. The molecule has 1 aliphatic heterocycles. The van der Waals surface area contributed by atoms with Crippen molar-refractivity contribution in [1.29, 1.82) is 0 Å². The van der Waals surface area contributed by atoms with E-state index in [-0.39, 0.29) is 6.10 Å². The van der Waals surface area contributed by atoms with Crippen LogP contribution in [0.25, 0.3) is 0 Å². The highest BCUT2D eigenvalue weighted by Crippen LogP contribution is 2.06. The first-order chi connectivity index (χ1) is 7.34. The van der Waals surface area contributed by atoms with Crippen molar-refractivity contribution in [2.45, 2.75) is 6.10 Å². The van der Waals surface area contributed by atoms with Gasteiger partial charge in [0, 0.05) is 6.54 Å². The van der Waals surface area contributed by atoms with Crippen LogP contribution in [0.2, 0.25) is 5.02 Å². The second-order valence-corrected chi connectivity index (χ2v) is 3.61. The Morgan fingerprint density at radius 1 is 1.40 bits per heavy atom. The smallest absolute Gasteiger partial charge is 0.222 e. The fourth-order valence-corrected chi connectivity index (χ4v) is 1.36. The van der Waals surface area contributed by atoms with E-state index in [4.69, 9.17) is 21.1 Å². The lowest BCUT2D eigenvalue weighted by Crippen LogP contribution is -2.34. The zero-order valence-corrected chi connectivity index (χ0v) is 8.91. The molecular formula is C9H12ClN3O2. The Bertz CT molecular complexity index is 301. The van der Waals surface area contributed by atoms with Gasteiger partial charge in [0.05, 0.1) is 43.3 Å². The van der Waals surface area contributed by atoms with E-state index in [1.807, 2.05) is 0 Å². The third-order valence-electron chi connectivity index (χ3n) is 1.99. The maximum absolute atomic E-state index is 5.66. The van der Waals surface area contributed by atoms with Crippen molar-refractivity contribution in [2.24, 2.45) is 0 Å². The molecule has 0 aliphatic carbocycles. The van der Waals surface area contributed by atoms with Gasteiger partial charge in [0.25, 0.3) is 0 Å². The Labute approximate surface area is 92.8 Å². The maximum atomic E-state index is 5.66. The molecule has 0 amide bonds. The van der Waals surface area contributed by atoms with Crippen LogP contribution in [0, 0.1) is 0 Å². The first kappa shape index (κ1) is 10.6. The molecule has 2 heterocycles. The van der Waals surface area contributed by atoms with Crippen molar-refractivity contribution in [1.82, 2.24) is 9.97 Å².